The van der Waals surface area contributed by atoms with Gasteiger partial charge in [-0.1, -0.05) is 84.0 Å². The van der Waals surface area contributed by atoms with Gasteiger partial charge in [0, 0.05) is 0 Å². The molecule has 0 spiro atoms. The molecule has 0 bridgehead atoms. The third kappa shape index (κ3) is 24.6. The van der Waals surface area contributed by atoms with Crippen LogP contribution in [0.3, 0.4) is 0 Å². The summed E-state index contributed by atoms with van der Waals surface area (Å²) in [5.41, 5.74) is 0. The Kier molecular flexibility index (Phi) is 22.2. The van der Waals surface area contributed by atoms with Crippen LogP contribution in [-0.4, -0.2) is 15.6 Å². The van der Waals surface area contributed by atoms with E-state index in [4.69, 9.17) is 44.3 Å². The molecule has 0 atom stereocenters. The first-order valence-corrected chi connectivity index (χ1v) is 16.3. The molecule has 6 heteroatoms. The average molecular weight is 398 g/mol. The minimum absolute atomic E-state index is 0.778. The molecule has 0 fully saturated rings. The quantitative estimate of drug-likeness (QED) is 0.181. The highest BCUT2D eigenvalue weighted by atomic mass is 35.8. The van der Waals surface area contributed by atoms with Crippen molar-refractivity contribution in [2.24, 2.45) is 0 Å². The minimum atomic E-state index is -2.34. The van der Waals surface area contributed by atoms with Gasteiger partial charge in [-0.25, -0.2) is 0 Å². The topological polar surface area (TPSA) is 0 Å². The van der Waals surface area contributed by atoms with Gasteiger partial charge in [0.25, 0.3) is 0 Å². The summed E-state index contributed by atoms with van der Waals surface area (Å²) in [6.07, 6.45) is 16.3. The SMILES string of the molecule is CCCCCCCCCCCCCC[Si](Cl)(Cl)Cl.[SiH3]Cl. The Morgan fingerprint density at radius 3 is 1.20 bits per heavy atom. The fraction of sp³-hybridized carbons (Fsp3) is 1.00. The fourth-order valence-electron chi connectivity index (χ4n) is 2.17. The summed E-state index contributed by atoms with van der Waals surface area (Å²) >= 11 is 22.3. The maximum atomic E-state index is 5.84. The van der Waals surface area contributed by atoms with Crippen LogP contribution in [0, 0.1) is 0 Å². The van der Waals surface area contributed by atoms with E-state index in [-0.39, 0.29) is 0 Å². The Bertz CT molecular complexity index is 175. The number of halogens is 4. The number of hydrogen-bond acceptors (Lipinski definition) is 0. The van der Waals surface area contributed by atoms with Crippen LogP contribution in [0.5, 0.6) is 0 Å². The lowest BCUT2D eigenvalue weighted by Gasteiger charge is -2.06. The van der Waals surface area contributed by atoms with Crippen LogP contribution in [0.1, 0.15) is 84.0 Å². The van der Waals surface area contributed by atoms with Crippen molar-refractivity contribution < 1.29 is 0 Å². The van der Waals surface area contributed by atoms with Gasteiger partial charge in [0.1, 0.15) is 9.55 Å². The summed E-state index contributed by atoms with van der Waals surface area (Å²) in [7, 11) is 0.778. The molecule has 0 radical (unpaired) electrons. The highest BCUT2D eigenvalue weighted by molar-refractivity contribution is 7.64. The minimum Gasteiger partial charge on any atom is -0.181 e. The Balaban J connectivity index is 0. The van der Waals surface area contributed by atoms with Gasteiger partial charge in [0.15, 0.2) is 0 Å². The predicted molar refractivity (Wildman–Crippen MR) is 105 cm³/mol. The molecule has 0 amide bonds. The van der Waals surface area contributed by atoms with Crippen molar-refractivity contribution in [3.05, 3.63) is 0 Å². The van der Waals surface area contributed by atoms with Gasteiger partial charge in [0.05, 0.1) is 0 Å². The molecular formula is C14H32Cl4Si2. The molecule has 124 valence electrons. The largest absolute Gasteiger partial charge is 0.341 e. The number of hydrogen-bond donors (Lipinski definition) is 0. The number of rotatable bonds is 13. The van der Waals surface area contributed by atoms with Crippen LogP contribution in [0.2, 0.25) is 6.04 Å². The molecule has 0 nitrogen and oxygen atoms in total. The maximum absolute atomic E-state index is 5.84. The van der Waals surface area contributed by atoms with Crippen LogP contribution in [0.25, 0.3) is 0 Å². The molecule has 0 aliphatic heterocycles. The third-order valence-electron chi connectivity index (χ3n) is 3.31. The van der Waals surface area contributed by atoms with E-state index in [2.05, 4.69) is 6.92 Å². The van der Waals surface area contributed by atoms with Crippen LogP contribution in [-0.2, 0) is 0 Å². The van der Waals surface area contributed by atoms with E-state index >= 15 is 0 Å². The molecular weight excluding hydrogens is 366 g/mol. The van der Waals surface area contributed by atoms with Crippen LogP contribution < -0.4 is 0 Å². The van der Waals surface area contributed by atoms with Crippen molar-refractivity contribution in [3.63, 3.8) is 0 Å². The predicted octanol–water partition coefficient (Wildman–Crippen LogP) is 6.85. The zero-order valence-corrected chi connectivity index (χ0v) is 19.2. The van der Waals surface area contributed by atoms with Gasteiger partial charge >= 0.3 is 6.00 Å². The van der Waals surface area contributed by atoms with Crippen LogP contribution in [0.15, 0.2) is 0 Å². The first-order chi connectivity index (χ1) is 9.56. The molecule has 0 N–H and O–H groups in total. The molecule has 0 heterocycles. The molecule has 20 heavy (non-hydrogen) atoms. The standard InChI is InChI=1S/C14H29Cl3Si.ClH3Si/c1-2-3-4-5-6-7-8-9-10-11-12-13-14-18(15,16)17;1-2/h2-14H2,1H3;2H3. The van der Waals surface area contributed by atoms with Gasteiger partial charge in [0.2, 0.25) is 0 Å². The normalized spacial score (nSPS) is 11.2. The van der Waals surface area contributed by atoms with Crippen molar-refractivity contribution in [2.75, 3.05) is 0 Å². The second kappa shape index (κ2) is 18.6. The van der Waals surface area contributed by atoms with E-state index in [0.717, 1.165) is 22.0 Å². The Labute approximate surface area is 149 Å². The monoisotopic (exact) mass is 396 g/mol. The first kappa shape index (κ1) is 23.9. The smallest absolute Gasteiger partial charge is 0.181 e. The Hall–Kier alpha value is 1.59. The van der Waals surface area contributed by atoms with E-state index in [0.29, 0.717) is 0 Å². The molecule has 0 aliphatic carbocycles. The molecule has 0 unspecified atom stereocenters. The van der Waals surface area contributed by atoms with Crippen LogP contribution >= 0.6 is 44.3 Å². The van der Waals surface area contributed by atoms with Crippen molar-refractivity contribution in [1.29, 1.82) is 0 Å². The zero-order chi connectivity index (χ0) is 15.7. The van der Waals surface area contributed by atoms with Gasteiger partial charge in [-0.05, 0) is 6.04 Å². The second-order valence-electron chi connectivity index (χ2n) is 5.25. The van der Waals surface area contributed by atoms with E-state index in [1.807, 2.05) is 0 Å². The van der Waals surface area contributed by atoms with Gasteiger partial charge < -0.3 is 0 Å². The summed E-state index contributed by atoms with van der Waals surface area (Å²) < 4.78 is 0. The van der Waals surface area contributed by atoms with Crippen molar-refractivity contribution >= 4 is 59.9 Å². The third-order valence-corrected chi connectivity index (χ3v) is 5.94. The van der Waals surface area contributed by atoms with E-state index < -0.39 is 6.00 Å². The maximum Gasteiger partial charge on any atom is 0.341 e. The molecule has 0 rings (SSSR count). The first-order valence-electron chi connectivity index (χ1n) is 8.01. The summed E-state index contributed by atoms with van der Waals surface area (Å²) in [6.45, 7) is 2.27. The van der Waals surface area contributed by atoms with E-state index in [1.165, 1.54) is 70.6 Å². The molecule has 0 aliphatic rings. The lowest BCUT2D eigenvalue weighted by Crippen LogP contribution is -2.07. The Morgan fingerprint density at radius 1 is 0.600 bits per heavy atom. The number of unbranched alkanes of at least 4 members (excludes halogenated alkanes) is 11. The molecule has 0 aromatic heterocycles. The molecule has 0 saturated heterocycles. The zero-order valence-electron chi connectivity index (χ0n) is 13.2. The molecule has 0 saturated carbocycles. The average Bonchev–Trinajstić information content (AvgIpc) is 2.41. The lowest BCUT2D eigenvalue weighted by atomic mass is 10.1. The van der Waals surface area contributed by atoms with Crippen LogP contribution in [0.4, 0.5) is 0 Å². The highest BCUT2D eigenvalue weighted by Crippen LogP contribution is 2.27. The summed E-state index contributed by atoms with van der Waals surface area (Å²) in [4.78, 5) is 0. The highest BCUT2D eigenvalue weighted by Gasteiger charge is 2.23. The summed E-state index contributed by atoms with van der Waals surface area (Å²) in [5.74, 6) is 0. The van der Waals surface area contributed by atoms with Gasteiger partial charge in [-0.2, -0.15) is 11.1 Å². The van der Waals surface area contributed by atoms with Gasteiger partial charge in [-0.15, -0.1) is 33.2 Å². The Morgan fingerprint density at radius 2 is 0.900 bits per heavy atom. The lowest BCUT2D eigenvalue weighted by molar-refractivity contribution is 0.548. The van der Waals surface area contributed by atoms with Crippen molar-refractivity contribution in [3.8, 4) is 0 Å². The van der Waals surface area contributed by atoms with E-state index in [1.54, 1.807) is 0 Å². The molecule has 0 aromatic carbocycles. The molecule has 0 aromatic rings. The summed E-state index contributed by atoms with van der Waals surface area (Å²) in [5, 5.41) is 0. The van der Waals surface area contributed by atoms with Gasteiger partial charge in [-0.3, -0.25) is 0 Å². The van der Waals surface area contributed by atoms with Crippen molar-refractivity contribution in [2.45, 2.75) is 90.0 Å². The fourth-order valence-corrected chi connectivity index (χ4v) is 4.02. The summed E-state index contributed by atoms with van der Waals surface area (Å²) in [6, 6.07) is -1.51. The van der Waals surface area contributed by atoms with Crippen molar-refractivity contribution in [1.82, 2.24) is 0 Å². The van der Waals surface area contributed by atoms with E-state index in [9.17, 15) is 0 Å². The second-order valence-corrected chi connectivity index (χ2v) is 14.5.